The highest BCUT2D eigenvalue weighted by Crippen LogP contribution is 2.27. The number of hydrogen-bond donors (Lipinski definition) is 1. The summed E-state index contributed by atoms with van der Waals surface area (Å²) in [5.74, 6) is 0.312. The number of nitrogens with one attached hydrogen (secondary N) is 1. The molecular formula is C22H20FN3O5S2. The second-order valence-corrected chi connectivity index (χ2v) is 10.2. The number of hydrogen-bond acceptors (Lipinski definition) is 7. The first kappa shape index (κ1) is 22.9. The molecular weight excluding hydrogens is 469 g/mol. The van der Waals surface area contributed by atoms with Crippen molar-refractivity contribution < 1.29 is 25.9 Å². The van der Waals surface area contributed by atoms with E-state index in [4.69, 9.17) is 8.92 Å². The molecule has 0 bridgehead atoms. The van der Waals surface area contributed by atoms with Crippen molar-refractivity contribution in [2.24, 2.45) is 0 Å². The number of benzene rings is 2. The van der Waals surface area contributed by atoms with Crippen molar-refractivity contribution in [2.45, 2.75) is 29.7 Å². The maximum atomic E-state index is 13.1. The summed E-state index contributed by atoms with van der Waals surface area (Å²) in [5.41, 5.74) is 3.28. The van der Waals surface area contributed by atoms with E-state index in [2.05, 4.69) is 15.0 Å². The smallest absolute Gasteiger partial charge is 0.339 e. The Morgan fingerprint density at radius 2 is 1.85 bits per heavy atom. The molecule has 0 aliphatic heterocycles. The van der Waals surface area contributed by atoms with Gasteiger partial charge in [0.15, 0.2) is 5.16 Å². The summed E-state index contributed by atoms with van der Waals surface area (Å²) >= 11 is 0. The van der Waals surface area contributed by atoms with Crippen LogP contribution in [-0.2, 0) is 26.7 Å². The third kappa shape index (κ3) is 4.74. The molecule has 0 fully saturated rings. The molecule has 0 spiro atoms. The van der Waals surface area contributed by atoms with Crippen molar-refractivity contribution in [3.8, 4) is 11.5 Å². The quantitative estimate of drug-likeness (QED) is 0.393. The van der Waals surface area contributed by atoms with E-state index in [1.165, 1.54) is 12.1 Å². The zero-order valence-electron chi connectivity index (χ0n) is 18.0. The van der Waals surface area contributed by atoms with Gasteiger partial charge in [0.05, 0.1) is 40.4 Å². The lowest BCUT2D eigenvalue weighted by molar-refractivity contribution is 0.407. The van der Waals surface area contributed by atoms with Gasteiger partial charge in [-0.05, 0) is 50.2 Å². The van der Waals surface area contributed by atoms with Gasteiger partial charge in [0.25, 0.3) is 0 Å². The number of H-pyrrole nitrogens is 1. The average Bonchev–Trinajstić information content (AvgIpc) is 3.20. The number of pyridine rings is 1. The first-order valence-electron chi connectivity index (χ1n) is 9.75. The number of aromatic nitrogens is 3. The van der Waals surface area contributed by atoms with Crippen LogP contribution in [0.2, 0.25) is 0 Å². The van der Waals surface area contributed by atoms with E-state index < -0.39 is 26.7 Å². The third-order valence-electron chi connectivity index (χ3n) is 4.97. The Bertz CT molecular complexity index is 1470. The fraction of sp³-hybridized carbons (Fsp3) is 0.182. The Hall–Kier alpha value is -3.31. The largest absolute Gasteiger partial charge is 0.496 e. The molecule has 0 saturated heterocycles. The van der Waals surface area contributed by atoms with Crippen molar-refractivity contribution in [2.75, 3.05) is 7.11 Å². The molecule has 11 heteroatoms. The number of rotatable bonds is 7. The summed E-state index contributed by atoms with van der Waals surface area (Å²) in [6, 6.07) is 8.76. The summed E-state index contributed by atoms with van der Waals surface area (Å²) in [6.45, 7) is 3.74. The fourth-order valence-corrected chi connectivity index (χ4v) is 5.33. The van der Waals surface area contributed by atoms with Gasteiger partial charge in [0.1, 0.15) is 22.2 Å². The topological polar surface area (TPSA) is 111 Å². The summed E-state index contributed by atoms with van der Waals surface area (Å²) in [6.07, 6.45) is 1.67. The van der Waals surface area contributed by atoms with Crippen LogP contribution >= 0.6 is 0 Å². The van der Waals surface area contributed by atoms with Crippen LogP contribution in [0.25, 0.3) is 11.0 Å². The molecule has 2 aromatic carbocycles. The number of nitrogens with zero attached hydrogens (tertiary/aromatic N) is 2. The minimum absolute atomic E-state index is 0.0357. The molecule has 172 valence electrons. The maximum absolute atomic E-state index is 13.1. The van der Waals surface area contributed by atoms with E-state index in [-0.39, 0.29) is 21.6 Å². The molecule has 0 aliphatic carbocycles. The number of ether oxygens (including phenoxy) is 1. The Morgan fingerprint density at radius 3 is 2.55 bits per heavy atom. The van der Waals surface area contributed by atoms with Gasteiger partial charge in [-0.1, -0.05) is 0 Å². The van der Waals surface area contributed by atoms with Gasteiger partial charge in [0, 0.05) is 23.4 Å². The molecule has 2 aromatic heterocycles. The number of methoxy groups -OCH3 is 1. The Morgan fingerprint density at radius 1 is 1.12 bits per heavy atom. The number of fused-ring (bicyclic) bond motifs is 1. The van der Waals surface area contributed by atoms with Crippen LogP contribution in [0.4, 0.5) is 4.39 Å². The molecule has 0 radical (unpaired) electrons. The van der Waals surface area contributed by atoms with Crippen LogP contribution in [0.3, 0.4) is 0 Å². The lowest BCUT2D eigenvalue weighted by Crippen LogP contribution is -2.09. The minimum Gasteiger partial charge on any atom is -0.496 e. The van der Waals surface area contributed by atoms with E-state index >= 15 is 0 Å². The highest BCUT2D eigenvalue weighted by atomic mass is 32.2. The van der Waals surface area contributed by atoms with E-state index in [1.807, 2.05) is 13.8 Å². The van der Waals surface area contributed by atoms with Crippen molar-refractivity contribution in [1.82, 2.24) is 15.0 Å². The minimum atomic E-state index is -4.14. The van der Waals surface area contributed by atoms with Crippen LogP contribution in [-0.4, -0.2) is 34.7 Å². The summed E-state index contributed by atoms with van der Waals surface area (Å²) in [7, 11) is -4.10. The lowest BCUT2D eigenvalue weighted by Gasteiger charge is -2.11. The predicted molar refractivity (Wildman–Crippen MR) is 121 cm³/mol. The second-order valence-electron chi connectivity index (χ2n) is 7.25. The standard InChI is InChI=1S/C22H20FN3O5S2/c1-13-11-24-20(14(2)21(13)30-3)12-32(27)22-25-18-9-6-16(10-19(18)26-22)31-33(28,29)17-7-4-15(23)5-8-17/h4-11H,12H2,1-3H3,(H,25,26). The number of aromatic amines is 1. The van der Waals surface area contributed by atoms with Crippen LogP contribution in [0.15, 0.2) is 58.7 Å². The first-order valence-corrected chi connectivity index (χ1v) is 12.5. The van der Waals surface area contributed by atoms with Crippen molar-refractivity contribution in [3.05, 3.63) is 71.3 Å². The van der Waals surface area contributed by atoms with Gasteiger partial charge in [-0.3, -0.25) is 9.19 Å². The molecule has 8 nitrogen and oxygen atoms in total. The van der Waals surface area contributed by atoms with Gasteiger partial charge in [-0.25, -0.2) is 9.37 Å². The van der Waals surface area contributed by atoms with E-state index in [1.54, 1.807) is 19.4 Å². The fourth-order valence-electron chi connectivity index (χ4n) is 3.31. The predicted octanol–water partition coefficient (Wildman–Crippen LogP) is 3.80. The van der Waals surface area contributed by atoms with Crippen LogP contribution in [0.1, 0.15) is 16.8 Å². The number of imidazole rings is 1. The summed E-state index contributed by atoms with van der Waals surface area (Å²) < 4.78 is 61.4. The molecule has 1 atom stereocenters. The third-order valence-corrected chi connectivity index (χ3v) is 7.39. The molecule has 0 aliphatic rings. The van der Waals surface area contributed by atoms with Gasteiger partial charge in [-0.2, -0.15) is 8.42 Å². The normalized spacial score (nSPS) is 12.6. The molecule has 1 N–H and O–H groups in total. The highest BCUT2D eigenvalue weighted by Gasteiger charge is 2.19. The molecule has 0 saturated carbocycles. The Labute approximate surface area is 192 Å². The number of aryl methyl sites for hydroxylation is 1. The number of halogens is 1. The summed E-state index contributed by atoms with van der Waals surface area (Å²) in [5, 5.41) is 0.226. The van der Waals surface area contributed by atoms with Gasteiger partial charge >= 0.3 is 10.1 Å². The zero-order chi connectivity index (χ0) is 23.8. The Kier molecular flexibility index (Phi) is 6.17. The average molecular weight is 490 g/mol. The van der Waals surface area contributed by atoms with Crippen molar-refractivity contribution >= 4 is 32.0 Å². The van der Waals surface area contributed by atoms with Crippen LogP contribution in [0, 0.1) is 19.7 Å². The van der Waals surface area contributed by atoms with E-state index in [0.717, 1.165) is 35.4 Å². The molecule has 4 rings (SSSR count). The maximum Gasteiger partial charge on any atom is 0.339 e. The molecule has 4 aromatic rings. The first-order chi connectivity index (χ1) is 15.7. The zero-order valence-corrected chi connectivity index (χ0v) is 19.6. The molecule has 0 amide bonds. The van der Waals surface area contributed by atoms with Gasteiger partial charge in [-0.15, -0.1) is 0 Å². The van der Waals surface area contributed by atoms with Gasteiger partial charge < -0.3 is 13.9 Å². The van der Waals surface area contributed by atoms with Gasteiger partial charge in [0.2, 0.25) is 0 Å². The van der Waals surface area contributed by atoms with Crippen molar-refractivity contribution in [1.29, 1.82) is 0 Å². The molecule has 2 heterocycles. The highest BCUT2D eigenvalue weighted by molar-refractivity contribution is 7.87. The van der Waals surface area contributed by atoms with Crippen LogP contribution in [0.5, 0.6) is 11.5 Å². The Balaban J connectivity index is 1.57. The molecule has 1 unspecified atom stereocenters. The van der Waals surface area contributed by atoms with E-state index in [0.29, 0.717) is 22.5 Å². The van der Waals surface area contributed by atoms with E-state index in [9.17, 15) is 17.0 Å². The monoisotopic (exact) mass is 489 g/mol. The van der Waals surface area contributed by atoms with Crippen LogP contribution < -0.4 is 8.92 Å². The van der Waals surface area contributed by atoms with Crippen molar-refractivity contribution in [3.63, 3.8) is 0 Å². The lowest BCUT2D eigenvalue weighted by atomic mass is 10.1. The summed E-state index contributed by atoms with van der Waals surface area (Å²) in [4.78, 5) is 11.5. The second kappa shape index (κ2) is 8.91. The SMILES string of the molecule is COc1c(C)cnc(CS(=O)c2nc3ccc(OS(=O)(=O)c4ccc(F)cc4)cc3[nH]2)c1C. The molecule has 33 heavy (non-hydrogen) atoms.